The largest absolute Gasteiger partial charge is 0.462 e. The fourth-order valence-corrected chi connectivity index (χ4v) is 4.53. The number of cyclic esters (lactones) is 1. The van der Waals surface area contributed by atoms with Crippen LogP contribution in [0.15, 0.2) is 24.3 Å². The number of alkyl halides is 1. The summed E-state index contributed by atoms with van der Waals surface area (Å²) in [5, 5.41) is 10.5. The standard InChI is InChI=1S/C18H27IO3/c1-2-16-14-12-15(19)18(21)13(14)10-8-6-4-3-5-7-9-11-17(20)22-16/h3-4,8,10,13-16,18,21H,2,5-7,9,11-12H2,1H3/b4-3-,10-8-/t13-,14+,15+,16+,18+/m0/s1. The molecule has 0 bridgehead atoms. The molecule has 4 heteroatoms. The number of allylic oxidation sites excluding steroid dienone is 3. The summed E-state index contributed by atoms with van der Waals surface area (Å²) in [6.45, 7) is 2.07. The molecule has 0 radical (unpaired) electrons. The third kappa shape index (κ3) is 4.82. The van der Waals surface area contributed by atoms with Gasteiger partial charge in [0, 0.05) is 22.2 Å². The number of carbonyl (C=O) groups excluding carboxylic acids is 1. The summed E-state index contributed by atoms with van der Waals surface area (Å²) < 4.78 is 5.98. The van der Waals surface area contributed by atoms with Gasteiger partial charge >= 0.3 is 5.97 Å². The van der Waals surface area contributed by atoms with Gasteiger partial charge in [0.2, 0.25) is 0 Å². The number of ether oxygens (including phenoxy) is 1. The van der Waals surface area contributed by atoms with Crippen LogP contribution in [0.1, 0.15) is 51.9 Å². The van der Waals surface area contributed by atoms with E-state index in [1.807, 2.05) is 0 Å². The van der Waals surface area contributed by atoms with E-state index in [9.17, 15) is 9.90 Å². The van der Waals surface area contributed by atoms with Gasteiger partial charge in [-0.05, 0) is 38.5 Å². The van der Waals surface area contributed by atoms with E-state index >= 15 is 0 Å². The van der Waals surface area contributed by atoms with Gasteiger partial charge in [-0.3, -0.25) is 4.79 Å². The molecule has 0 aromatic carbocycles. The van der Waals surface area contributed by atoms with Crippen LogP contribution in [0.5, 0.6) is 0 Å². The minimum absolute atomic E-state index is 0.0740. The fourth-order valence-electron chi connectivity index (χ4n) is 3.47. The van der Waals surface area contributed by atoms with E-state index in [1.54, 1.807) is 0 Å². The topological polar surface area (TPSA) is 46.5 Å². The molecule has 0 aromatic rings. The van der Waals surface area contributed by atoms with Crippen molar-refractivity contribution in [2.24, 2.45) is 11.8 Å². The summed E-state index contributed by atoms with van der Waals surface area (Å²) >= 11 is 2.33. The highest BCUT2D eigenvalue weighted by molar-refractivity contribution is 14.1. The van der Waals surface area contributed by atoms with Crippen molar-refractivity contribution in [2.45, 2.75) is 68.0 Å². The van der Waals surface area contributed by atoms with Crippen LogP contribution in [0, 0.1) is 11.8 Å². The highest BCUT2D eigenvalue weighted by Crippen LogP contribution is 2.41. The molecule has 5 atom stereocenters. The van der Waals surface area contributed by atoms with E-state index in [4.69, 9.17) is 4.74 Å². The Morgan fingerprint density at radius 3 is 2.91 bits per heavy atom. The molecule has 2 aliphatic rings. The molecule has 1 saturated carbocycles. The molecule has 1 N–H and O–H groups in total. The minimum Gasteiger partial charge on any atom is -0.462 e. The zero-order valence-corrected chi connectivity index (χ0v) is 15.4. The van der Waals surface area contributed by atoms with Crippen LogP contribution < -0.4 is 0 Å². The zero-order valence-electron chi connectivity index (χ0n) is 13.3. The van der Waals surface area contributed by atoms with Gasteiger partial charge in [-0.25, -0.2) is 0 Å². The predicted octanol–water partition coefficient (Wildman–Crippen LogP) is 4.19. The molecule has 1 aliphatic carbocycles. The first-order valence-corrected chi connectivity index (χ1v) is 9.71. The Kier molecular flexibility index (Phi) is 7.41. The van der Waals surface area contributed by atoms with Crippen molar-refractivity contribution in [3.8, 4) is 0 Å². The van der Waals surface area contributed by atoms with Crippen molar-refractivity contribution in [3.05, 3.63) is 24.3 Å². The van der Waals surface area contributed by atoms with Gasteiger partial charge in [0.25, 0.3) is 0 Å². The van der Waals surface area contributed by atoms with Crippen molar-refractivity contribution in [3.63, 3.8) is 0 Å². The molecule has 0 aromatic heterocycles. The first kappa shape index (κ1) is 18.0. The number of aliphatic hydroxyl groups is 1. The number of rotatable bonds is 1. The Hall–Kier alpha value is -0.360. The van der Waals surface area contributed by atoms with Crippen LogP contribution in [0.25, 0.3) is 0 Å². The smallest absolute Gasteiger partial charge is 0.306 e. The second-order valence-corrected chi connectivity index (χ2v) is 7.90. The Morgan fingerprint density at radius 2 is 2.14 bits per heavy atom. The Morgan fingerprint density at radius 1 is 1.32 bits per heavy atom. The SMILES string of the molecule is CC[C@H]1OC(=O)CCCC/C=C\C/C=C\[C@@H]2[C@@H](O)[C@H](I)C[C@H]21. The van der Waals surface area contributed by atoms with Gasteiger partial charge in [0.15, 0.2) is 0 Å². The number of aliphatic hydroxyl groups excluding tert-OH is 1. The van der Waals surface area contributed by atoms with E-state index in [-0.39, 0.29) is 33.9 Å². The van der Waals surface area contributed by atoms with Crippen LogP contribution in [-0.4, -0.2) is 27.2 Å². The van der Waals surface area contributed by atoms with Crippen molar-refractivity contribution in [1.82, 2.24) is 0 Å². The van der Waals surface area contributed by atoms with Crippen molar-refractivity contribution < 1.29 is 14.6 Å². The third-order valence-electron chi connectivity index (χ3n) is 4.72. The molecule has 0 amide bonds. The number of halogens is 1. The minimum atomic E-state index is -0.341. The molecule has 124 valence electrons. The van der Waals surface area contributed by atoms with E-state index in [1.165, 1.54) is 0 Å². The quantitative estimate of drug-likeness (QED) is 0.301. The van der Waals surface area contributed by atoms with Gasteiger partial charge in [0.1, 0.15) is 6.10 Å². The Labute approximate surface area is 147 Å². The first-order chi connectivity index (χ1) is 10.6. The average molecular weight is 418 g/mol. The van der Waals surface area contributed by atoms with E-state index in [2.05, 4.69) is 53.8 Å². The fraction of sp³-hybridized carbons (Fsp3) is 0.722. The lowest BCUT2D eigenvalue weighted by molar-refractivity contribution is -0.153. The zero-order chi connectivity index (χ0) is 15.9. The Balaban J connectivity index is 2.16. The van der Waals surface area contributed by atoms with Crippen LogP contribution in [0.3, 0.4) is 0 Å². The molecule has 1 heterocycles. The monoisotopic (exact) mass is 418 g/mol. The molecule has 3 nitrogen and oxygen atoms in total. The average Bonchev–Trinajstić information content (AvgIpc) is 2.78. The number of esters is 1. The molecular weight excluding hydrogens is 391 g/mol. The summed E-state index contributed by atoms with van der Waals surface area (Å²) in [5.74, 6) is 0.243. The maximum Gasteiger partial charge on any atom is 0.306 e. The molecule has 0 saturated heterocycles. The number of hydrogen-bond acceptors (Lipinski definition) is 3. The predicted molar refractivity (Wildman–Crippen MR) is 96.9 cm³/mol. The summed E-state index contributed by atoms with van der Waals surface area (Å²) in [5.41, 5.74) is 0. The van der Waals surface area contributed by atoms with Crippen LogP contribution in [-0.2, 0) is 9.53 Å². The summed E-state index contributed by atoms with van der Waals surface area (Å²) in [7, 11) is 0. The van der Waals surface area contributed by atoms with Crippen LogP contribution in [0.2, 0.25) is 0 Å². The molecule has 1 fully saturated rings. The number of fused-ring (bicyclic) bond motifs is 1. The normalized spacial score (nSPS) is 40.3. The summed E-state index contributed by atoms with van der Waals surface area (Å²) in [6.07, 6.45) is 14.3. The van der Waals surface area contributed by atoms with Crippen LogP contribution >= 0.6 is 22.6 Å². The maximum absolute atomic E-state index is 12.1. The van der Waals surface area contributed by atoms with Crippen molar-refractivity contribution in [2.75, 3.05) is 0 Å². The van der Waals surface area contributed by atoms with Gasteiger partial charge in [-0.15, -0.1) is 0 Å². The first-order valence-electron chi connectivity index (χ1n) is 8.46. The summed E-state index contributed by atoms with van der Waals surface area (Å²) in [6, 6.07) is 0. The Bertz CT molecular complexity index is 419. The lowest BCUT2D eigenvalue weighted by Crippen LogP contribution is -2.31. The number of carbonyl (C=O) groups is 1. The molecular formula is C18H27IO3. The van der Waals surface area contributed by atoms with Gasteiger partial charge < -0.3 is 9.84 Å². The molecule has 0 spiro atoms. The van der Waals surface area contributed by atoms with E-state index < -0.39 is 0 Å². The second-order valence-electron chi connectivity index (χ2n) is 6.30. The van der Waals surface area contributed by atoms with Crippen molar-refractivity contribution in [1.29, 1.82) is 0 Å². The summed E-state index contributed by atoms with van der Waals surface area (Å²) in [4.78, 5) is 12.1. The molecule has 1 aliphatic heterocycles. The van der Waals surface area contributed by atoms with Gasteiger partial charge in [-0.2, -0.15) is 0 Å². The maximum atomic E-state index is 12.1. The van der Waals surface area contributed by atoms with Crippen LogP contribution in [0.4, 0.5) is 0 Å². The van der Waals surface area contributed by atoms with Gasteiger partial charge in [-0.1, -0.05) is 53.8 Å². The molecule has 22 heavy (non-hydrogen) atoms. The van der Waals surface area contributed by atoms with Gasteiger partial charge in [0.05, 0.1) is 6.10 Å². The molecule has 2 rings (SSSR count). The lowest BCUT2D eigenvalue weighted by atomic mass is 9.88. The van der Waals surface area contributed by atoms with Crippen molar-refractivity contribution >= 4 is 28.6 Å². The third-order valence-corrected chi connectivity index (χ3v) is 5.96. The number of hydrogen-bond donors (Lipinski definition) is 1. The molecule has 0 unspecified atom stereocenters. The second kappa shape index (κ2) is 9.06. The van der Waals surface area contributed by atoms with E-state index in [0.29, 0.717) is 6.42 Å². The van der Waals surface area contributed by atoms with E-state index in [0.717, 1.165) is 38.5 Å². The highest BCUT2D eigenvalue weighted by atomic mass is 127. The lowest BCUT2D eigenvalue weighted by Gasteiger charge is -2.27. The highest BCUT2D eigenvalue weighted by Gasteiger charge is 2.44.